The molecule has 0 spiro atoms. The van der Waals surface area contributed by atoms with E-state index in [9.17, 15) is 28.8 Å². The van der Waals surface area contributed by atoms with Gasteiger partial charge in [-0.3, -0.25) is 38.6 Å². The number of nitrogens with one attached hydrogen (secondary N) is 2. The highest BCUT2D eigenvalue weighted by atomic mass is 127. The van der Waals surface area contributed by atoms with E-state index in [-0.39, 0.29) is 40.7 Å². The highest BCUT2D eigenvalue weighted by Crippen LogP contribution is 2.22. The summed E-state index contributed by atoms with van der Waals surface area (Å²) in [7, 11) is 0. The molecule has 0 bridgehead atoms. The van der Waals surface area contributed by atoms with Crippen molar-refractivity contribution in [3.8, 4) is 0 Å². The van der Waals surface area contributed by atoms with Gasteiger partial charge in [-0.05, 0) is 84.3 Å². The Bertz CT molecular complexity index is 831. The number of rotatable bonds is 10. The molecular formula is C32H65IN4O6S6. The topological polar surface area (TPSA) is 133 Å². The third kappa shape index (κ3) is 43.6. The van der Waals surface area contributed by atoms with Gasteiger partial charge in [0.05, 0.1) is 15.4 Å². The first-order valence-electron chi connectivity index (χ1n) is 15.3. The van der Waals surface area contributed by atoms with Crippen LogP contribution in [0.4, 0.5) is 0 Å². The fourth-order valence-electron chi connectivity index (χ4n) is 2.74. The second kappa shape index (κ2) is 54.3. The Balaban J connectivity index is -0.0000000862. The number of alkyl halides is 1. The summed E-state index contributed by atoms with van der Waals surface area (Å²) >= 11 is 17.5. The van der Waals surface area contributed by atoms with Crippen LogP contribution in [0.3, 0.4) is 0 Å². The number of carbonyl (C=O) groups is 6. The van der Waals surface area contributed by atoms with E-state index in [1.54, 1.807) is 31.8 Å². The maximum Gasteiger partial charge on any atom is 0.253 e. The van der Waals surface area contributed by atoms with Crippen LogP contribution >= 0.6 is 95.8 Å². The summed E-state index contributed by atoms with van der Waals surface area (Å²) in [6.07, 6.45) is 17.0. The molecule has 2 N–H and O–H groups in total. The van der Waals surface area contributed by atoms with Gasteiger partial charge in [0.1, 0.15) is 0 Å². The Labute approximate surface area is 341 Å². The molecule has 17 heteroatoms. The summed E-state index contributed by atoms with van der Waals surface area (Å²) < 4.78 is 0.561. The number of hydrogen-bond donors (Lipinski definition) is 5. The highest BCUT2D eigenvalue weighted by molar-refractivity contribution is 14.1. The lowest BCUT2D eigenvalue weighted by Crippen LogP contribution is -2.30. The van der Waals surface area contributed by atoms with E-state index in [2.05, 4.69) is 68.3 Å². The zero-order valence-corrected chi connectivity index (χ0v) is 39.0. The van der Waals surface area contributed by atoms with Crippen LogP contribution in [0.5, 0.6) is 0 Å². The van der Waals surface area contributed by atoms with Gasteiger partial charge in [-0.2, -0.15) is 73.2 Å². The molecule has 0 aromatic carbocycles. The van der Waals surface area contributed by atoms with Crippen LogP contribution in [0, 0.1) is 0 Å². The number of halogens is 1. The van der Waals surface area contributed by atoms with E-state index in [4.69, 9.17) is 0 Å². The molecule has 0 aromatic heterocycles. The molecule has 0 saturated carbocycles. The molecule has 0 radical (unpaired) electrons. The van der Waals surface area contributed by atoms with Crippen molar-refractivity contribution in [3.63, 3.8) is 0 Å². The van der Waals surface area contributed by atoms with Crippen molar-refractivity contribution in [1.82, 2.24) is 20.4 Å². The van der Waals surface area contributed by atoms with Gasteiger partial charge in [0, 0.05) is 44.8 Å². The van der Waals surface area contributed by atoms with E-state index in [0.29, 0.717) is 29.7 Å². The molecule has 0 aliphatic carbocycles. The summed E-state index contributed by atoms with van der Waals surface area (Å²) in [5.74, 6) is 1.66. The second-order valence-corrected chi connectivity index (χ2v) is 11.7. The fourth-order valence-corrected chi connectivity index (χ4v) is 4.42. The molecule has 2 rings (SSSR count). The molecule has 1 saturated heterocycles. The summed E-state index contributed by atoms with van der Waals surface area (Å²) in [5.41, 5.74) is 0. The number of nitrogens with zero attached hydrogens (tertiary/aromatic N) is 2. The SMILES string of the molecule is C=CC.CCCSC.CCN1C(=O)C=CC1=O.CCN1C(=O)CC(SC)C1=O.CCNC(=O)CI.CCNC(=O)CSC.CS.CS.CS. The van der Waals surface area contributed by atoms with Crippen LogP contribution in [0.15, 0.2) is 24.8 Å². The number of likely N-dealkylation sites (tertiary alicyclic amines) is 1. The van der Waals surface area contributed by atoms with Crippen molar-refractivity contribution in [3.05, 3.63) is 24.8 Å². The minimum absolute atomic E-state index is 0.0231. The van der Waals surface area contributed by atoms with Gasteiger partial charge in [0.2, 0.25) is 23.6 Å². The Morgan fingerprint density at radius 3 is 1.43 bits per heavy atom. The van der Waals surface area contributed by atoms with E-state index in [1.165, 1.54) is 57.6 Å². The number of thioether (sulfide) groups is 3. The van der Waals surface area contributed by atoms with Crippen LogP contribution in [-0.4, -0.2) is 130 Å². The highest BCUT2D eigenvalue weighted by Gasteiger charge is 2.36. The summed E-state index contributed by atoms with van der Waals surface area (Å²) in [6, 6.07) is 0. The maximum absolute atomic E-state index is 11.3. The predicted molar refractivity (Wildman–Crippen MR) is 240 cm³/mol. The molecule has 292 valence electrons. The quantitative estimate of drug-likeness (QED) is 0.0584. The average Bonchev–Trinajstić information content (AvgIpc) is 3.60. The van der Waals surface area contributed by atoms with Gasteiger partial charge in [-0.25, -0.2) is 0 Å². The monoisotopic (exact) mass is 920 g/mol. The molecule has 2 heterocycles. The first-order valence-corrected chi connectivity index (χ1v) is 23.6. The van der Waals surface area contributed by atoms with Gasteiger partial charge in [-0.1, -0.05) is 35.6 Å². The molecule has 1 unspecified atom stereocenters. The third-order valence-corrected chi connectivity index (χ3v) is 7.57. The third-order valence-electron chi connectivity index (χ3n) is 4.57. The lowest BCUT2D eigenvalue weighted by atomic mass is 10.4. The lowest BCUT2D eigenvalue weighted by molar-refractivity contribution is -0.139. The van der Waals surface area contributed by atoms with E-state index < -0.39 is 0 Å². The number of amides is 6. The first-order chi connectivity index (χ1) is 23.4. The Morgan fingerprint density at radius 2 is 1.24 bits per heavy atom. The lowest BCUT2D eigenvalue weighted by Gasteiger charge is -2.09. The van der Waals surface area contributed by atoms with Gasteiger partial charge in [-0.15, -0.1) is 6.58 Å². The van der Waals surface area contributed by atoms with E-state index in [0.717, 1.165) is 13.1 Å². The fraction of sp³-hybridized carbons (Fsp3) is 0.688. The number of carbonyl (C=O) groups excluding carboxylic acids is 6. The Kier molecular flexibility index (Phi) is 70.5. The van der Waals surface area contributed by atoms with Crippen LogP contribution in [0.25, 0.3) is 0 Å². The summed E-state index contributed by atoms with van der Waals surface area (Å²) in [4.78, 5) is 66.9. The minimum atomic E-state index is -0.206. The van der Waals surface area contributed by atoms with Gasteiger partial charge < -0.3 is 10.6 Å². The standard InChI is InChI=1S/C7H11NO2S.C6H7NO2.C5H11NOS.C4H8INO.C4H10S.C3H6.3CH4S/c1-3-8-6(9)4-5(11-2)7(8)10;1-2-7-5(8)3-4-6(7)9;1-3-6-5(7)4-8-2;1-2-6-4(7)3-5;1-3-4-5-2;1-3-2;3*1-2/h5H,3-4H2,1-2H3;3-4H,2H2,1H3;3-4H2,1-2H3,(H,6,7);2-3H2,1H3,(H,6,7);3-4H2,1-2H3;3H,1H2,2H3;3*2H,1H3. The summed E-state index contributed by atoms with van der Waals surface area (Å²) in [6.45, 7) is 17.3. The second-order valence-electron chi connectivity index (χ2n) is 8.03. The van der Waals surface area contributed by atoms with Crippen molar-refractivity contribution in [2.24, 2.45) is 0 Å². The molecule has 0 aromatic rings. The molecule has 10 nitrogen and oxygen atoms in total. The molecule has 1 fully saturated rings. The molecular weight excluding hydrogens is 856 g/mol. The van der Waals surface area contributed by atoms with Gasteiger partial charge in [0.25, 0.3) is 11.8 Å². The Morgan fingerprint density at radius 1 is 0.837 bits per heavy atom. The van der Waals surface area contributed by atoms with Crippen LogP contribution in [-0.2, 0) is 28.8 Å². The van der Waals surface area contributed by atoms with Crippen molar-refractivity contribution in [2.75, 3.05) is 79.6 Å². The van der Waals surface area contributed by atoms with Gasteiger partial charge >= 0.3 is 0 Å². The number of hydrogen-bond acceptors (Lipinski definition) is 12. The van der Waals surface area contributed by atoms with Crippen LogP contribution in [0.1, 0.15) is 54.4 Å². The number of imide groups is 2. The van der Waals surface area contributed by atoms with Crippen molar-refractivity contribution < 1.29 is 28.8 Å². The van der Waals surface area contributed by atoms with Crippen molar-refractivity contribution in [1.29, 1.82) is 0 Å². The summed E-state index contributed by atoms with van der Waals surface area (Å²) in [5, 5.41) is 5.21. The molecule has 49 heavy (non-hydrogen) atoms. The first kappa shape index (κ1) is 63.6. The number of allylic oxidation sites excluding steroid dienone is 1. The normalized spacial score (nSPS) is 12.9. The molecule has 6 amide bonds. The molecule has 2 aliphatic heterocycles. The Hall–Kier alpha value is -0.470. The average molecular weight is 921 g/mol. The van der Waals surface area contributed by atoms with Crippen LogP contribution in [0.2, 0.25) is 0 Å². The molecule has 2 aliphatic rings. The van der Waals surface area contributed by atoms with E-state index >= 15 is 0 Å². The zero-order chi connectivity index (χ0) is 40.2. The van der Waals surface area contributed by atoms with Crippen LogP contribution < -0.4 is 10.6 Å². The molecule has 1 atom stereocenters. The number of likely N-dealkylation sites (N-methyl/N-ethyl adjacent to an activating group) is 1. The van der Waals surface area contributed by atoms with Gasteiger partial charge in [0.15, 0.2) is 0 Å². The largest absolute Gasteiger partial charge is 0.356 e. The van der Waals surface area contributed by atoms with Crippen molar-refractivity contribution >= 4 is 131 Å². The maximum atomic E-state index is 11.3. The zero-order valence-electron chi connectivity index (χ0n) is 31.7. The number of thiol groups is 3. The van der Waals surface area contributed by atoms with Crippen molar-refractivity contribution in [2.45, 2.75) is 59.6 Å². The smallest absolute Gasteiger partial charge is 0.253 e. The minimum Gasteiger partial charge on any atom is -0.356 e. The van der Waals surface area contributed by atoms with E-state index in [1.807, 2.05) is 74.6 Å². The predicted octanol–water partition coefficient (Wildman–Crippen LogP) is 6.06.